The van der Waals surface area contributed by atoms with Crippen LogP contribution in [0.1, 0.15) is 23.8 Å². The zero-order chi connectivity index (χ0) is 21.3. The lowest BCUT2D eigenvalue weighted by Crippen LogP contribution is -2.24. The lowest BCUT2D eigenvalue weighted by molar-refractivity contribution is -0.128. The zero-order valence-corrected chi connectivity index (χ0v) is 17.1. The van der Waals surface area contributed by atoms with Gasteiger partial charge in [0.2, 0.25) is 17.6 Å². The van der Waals surface area contributed by atoms with E-state index in [1.54, 1.807) is 43.4 Å². The minimum absolute atomic E-state index is 0.0526. The predicted molar refractivity (Wildman–Crippen MR) is 107 cm³/mol. The summed E-state index contributed by atoms with van der Waals surface area (Å²) in [5.74, 6) is 1.28. The van der Waals surface area contributed by atoms with Crippen LogP contribution in [-0.4, -0.2) is 41.7 Å². The van der Waals surface area contributed by atoms with Crippen molar-refractivity contribution in [1.82, 2.24) is 15.0 Å². The maximum Gasteiger partial charge on any atom is 0.232 e. The summed E-state index contributed by atoms with van der Waals surface area (Å²) in [5.41, 5.74) is 1.36. The molecule has 156 valence electrons. The van der Waals surface area contributed by atoms with Crippen molar-refractivity contribution >= 4 is 17.5 Å². The number of nitrogens with zero attached hydrogens (tertiary/aromatic N) is 3. The first-order valence-corrected chi connectivity index (χ1v) is 9.63. The van der Waals surface area contributed by atoms with Crippen LogP contribution in [0.2, 0.25) is 5.02 Å². The Labute approximate surface area is 177 Å². The molecule has 1 amide bonds. The molecule has 1 atom stereocenters. The van der Waals surface area contributed by atoms with E-state index in [1.807, 2.05) is 0 Å². The summed E-state index contributed by atoms with van der Waals surface area (Å²) >= 11 is 6.09. The zero-order valence-electron chi connectivity index (χ0n) is 16.4. The molecule has 0 bridgehead atoms. The van der Waals surface area contributed by atoms with E-state index < -0.39 is 5.82 Å². The molecule has 1 unspecified atom stereocenters. The normalized spacial score (nSPS) is 16.2. The highest BCUT2D eigenvalue weighted by molar-refractivity contribution is 6.31. The van der Waals surface area contributed by atoms with E-state index >= 15 is 0 Å². The molecule has 0 aliphatic carbocycles. The lowest BCUT2D eigenvalue weighted by Gasteiger charge is -2.17. The molecule has 0 radical (unpaired) electrons. The average molecular weight is 432 g/mol. The maximum atomic E-state index is 13.3. The van der Waals surface area contributed by atoms with Crippen molar-refractivity contribution in [3.8, 4) is 22.9 Å². The van der Waals surface area contributed by atoms with Gasteiger partial charge in [0.25, 0.3) is 0 Å². The third-order valence-electron chi connectivity index (χ3n) is 4.99. The number of ether oxygens (including phenoxy) is 2. The van der Waals surface area contributed by atoms with E-state index in [1.165, 1.54) is 12.1 Å². The summed E-state index contributed by atoms with van der Waals surface area (Å²) < 4.78 is 29.2. The Bertz CT molecular complexity index is 1070. The number of amides is 1. The fraction of sp³-hybridized carbons (Fsp3) is 0.286. The summed E-state index contributed by atoms with van der Waals surface area (Å²) in [6.07, 6.45) is 0.252. The number of rotatable bonds is 6. The Morgan fingerprint density at radius 1 is 1.20 bits per heavy atom. The van der Waals surface area contributed by atoms with Crippen molar-refractivity contribution in [3.05, 3.63) is 58.7 Å². The van der Waals surface area contributed by atoms with E-state index in [9.17, 15) is 9.18 Å². The van der Waals surface area contributed by atoms with E-state index in [-0.39, 0.29) is 18.2 Å². The molecule has 1 aliphatic rings. The van der Waals surface area contributed by atoms with Crippen LogP contribution in [0.4, 0.5) is 4.39 Å². The largest absolute Gasteiger partial charge is 0.497 e. The molecule has 1 saturated heterocycles. The molecule has 3 aromatic rings. The van der Waals surface area contributed by atoms with Gasteiger partial charge in [-0.1, -0.05) is 22.8 Å². The molecular formula is C21H19ClFN3O4. The molecule has 0 N–H and O–H groups in total. The quantitative estimate of drug-likeness (QED) is 0.585. The second kappa shape index (κ2) is 8.31. The lowest BCUT2D eigenvalue weighted by atomic mass is 10.1. The minimum atomic E-state index is -0.415. The SMILES string of the molecule is COc1cc(OC)cc(-c2noc(C3CC(=O)N(Cc4ccc(F)cc4Cl)C3)n2)c1. The van der Waals surface area contributed by atoms with Crippen LogP contribution in [0.15, 0.2) is 40.9 Å². The van der Waals surface area contributed by atoms with Gasteiger partial charge in [-0.05, 0) is 29.8 Å². The number of halogens is 2. The maximum absolute atomic E-state index is 13.3. The third kappa shape index (κ3) is 4.09. The summed E-state index contributed by atoms with van der Waals surface area (Å²) in [7, 11) is 3.12. The number of carbonyl (C=O) groups excluding carboxylic acids is 1. The van der Waals surface area contributed by atoms with E-state index in [0.717, 1.165) is 0 Å². The second-order valence-electron chi connectivity index (χ2n) is 6.97. The van der Waals surface area contributed by atoms with Crippen molar-refractivity contribution in [2.45, 2.75) is 18.9 Å². The molecule has 0 spiro atoms. The Hall–Kier alpha value is -3.13. The topological polar surface area (TPSA) is 77.7 Å². The van der Waals surface area contributed by atoms with E-state index in [4.69, 9.17) is 25.6 Å². The molecule has 2 heterocycles. The monoisotopic (exact) mass is 431 g/mol. The highest BCUT2D eigenvalue weighted by Crippen LogP contribution is 2.32. The fourth-order valence-electron chi connectivity index (χ4n) is 3.40. The molecule has 2 aromatic carbocycles. The van der Waals surface area contributed by atoms with Crippen molar-refractivity contribution in [1.29, 1.82) is 0 Å². The van der Waals surface area contributed by atoms with Crippen molar-refractivity contribution in [2.75, 3.05) is 20.8 Å². The number of benzene rings is 2. The summed E-state index contributed by atoms with van der Waals surface area (Å²) in [4.78, 5) is 18.6. The Kier molecular flexibility index (Phi) is 5.59. The van der Waals surface area contributed by atoms with Gasteiger partial charge >= 0.3 is 0 Å². The van der Waals surface area contributed by atoms with Crippen molar-refractivity contribution in [2.24, 2.45) is 0 Å². The Morgan fingerprint density at radius 3 is 2.60 bits per heavy atom. The van der Waals surface area contributed by atoms with Crippen molar-refractivity contribution in [3.63, 3.8) is 0 Å². The molecule has 30 heavy (non-hydrogen) atoms. The number of methoxy groups -OCH3 is 2. The molecule has 1 fully saturated rings. The Morgan fingerprint density at radius 2 is 1.93 bits per heavy atom. The minimum Gasteiger partial charge on any atom is -0.497 e. The number of hydrogen-bond acceptors (Lipinski definition) is 6. The van der Waals surface area contributed by atoms with Crippen LogP contribution in [0.25, 0.3) is 11.4 Å². The van der Waals surface area contributed by atoms with E-state index in [2.05, 4.69) is 10.1 Å². The molecule has 7 nitrogen and oxygen atoms in total. The number of aromatic nitrogens is 2. The van der Waals surface area contributed by atoms with Gasteiger partial charge in [-0.25, -0.2) is 4.39 Å². The van der Waals surface area contributed by atoms with Crippen molar-refractivity contribution < 1.29 is 23.2 Å². The first kappa shape index (κ1) is 20.2. The molecule has 1 aliphatic heterocycles. The number of likely N-dealkylation sites (tertiary alicyclic amines) is 1. The summed E-state index contributed by atoms with van der Waals surface area (Å²) in [6, 6.07) is 9.45. The van der Waals surface area contributed by atoms with E-state index in [0.29, 0.717) is 52.5 Å². The molecule has 4 rings (SSSR count). The van der Waals surface area contributed by atoms with Crippen LogP contribution in [0, 0.1) is 5.82 Å². The highest BCUT2D eigenvalue weighted by Gasteiger charge is 2.34. The average Bonchev–Trinajstić information content (AvgIpc) is 3.37. The molecule has 1 aromatic heterocycles. The van der Waals surface area contributed by atoms with Gasteiger partial charge < -0.3 is 18.9 Å². The van der Waals surface area contributed by atoms with Gasteiger partial charge in [0.05, 0.1) is 20.1 Å². The first-order valence-electron chi connectivity index (χ1n) is 9.25. The van der Waals surface area contributed by atoms with Gasteiger partial charge in [-0.15, -0.1) is 0 Å². The molecular weight excluding hydrogens is 413 g/mol. The van der Waals surface area contributed by atoms with Gasteiger partial charge in [0.1, 0.15) is 17.3 Å². The van der Waals surface area contributed by atoms with Gasteiger partial charge in [-0.3, -0.25) is 4.79 Å². The van der Waals surface area contributed by atoms with Crippen LogP contribution in [0.5, 0.6) is 11.5 Å². The van der Waals surface area contributed by atoms with Crippen LogP contribution < -0.4 is 9.47 Å². The fourth-order valence-corrected chi connectivity index (χ4v) is 3.63. The molecule has 9 heteroatoms. The van der Waals surface area contributed by atoms with Gasteiger partial charge in [0.15, 0.2) is 0 Å². The third-order valence-corrected chi connectivity index (χ3v) is 5.34. The van der Waals surface area contributed by atoms with Crippen LogP contribution in [-0.2, 0) is 11.3 Å². The highest BCUT2D eigenvalue weighted by atomic mass is 35.5. The number of hydrogen-bond donors (Lipinski definition) is 0. The summed E-state index contributed by atoms with van der Waals surface area (Å²) in [5, 5.41) is 4.34. The Balaban J connectivity index is 1.51. The molecule has 0 saturated carbocycles. The number of carbonyl (C=O) groups is 1. The second-order valence-corrected chi connectivity index (χ2v) is 7.38. The predicted octanol–water partition coefficient (Wildman–Crippen LogP) is 4.06. The first-order chi connectivity index (χ1) is 14.5. The smallest absolute Gasteiger partial charge is 0.232 e. The van der Waals surface area contributed by atoms with Gasteiger partial charge in [-0.2, -0.15) is 4.98 Å². The summed E-state index contributed by atoms with van der Waals surface area (Å²) in [6.45, 7) is 0.706. The van der Waals surface area contributed by atoms with Crippen LogP contribution in [0.3, 0.4) is 0 Å². The standard InChI is InChI=1S/C21H19ClFN3O4/c1-28-16-5-13(6-17(9-16)29-2)20-24-21(30-25-20)14-7-19(27)26(11-14)10-12-3-4-15(23)8-18(12)22/h3-6,8-9,14H,7,10-11H2,1-2H3. The van der Waals surface area contributed by atoms with Crippen LogP contribution >= 0.6 is 11.6 Å². The van der Waals surface area contributed by atoms with Gasteiger partial charge in [0, 0.05) is 36.2 Å².